The van der Waals surface area contributed by atoms with Crippen molar-refractivity contribution in [1.82, 2.24) is 9.55 Å². The minimum absolute atomic E-state index is 0.387. The highest BCUT2D eigenvalue weighted by Gasteiger charge is 2.37. The van der Waals surface area contributed by atoms with E-state index < -0.39 is 65.6 Å². The predicted molar refractivity (Wildman–Crippen MR) is 76.8 cm³/mol. The number of hydrogen-bond acceptors (Lipinski definition) is 14. The van der Waals surface area contributed by atoms with Crippen molar-refractivity contribution < 1.29 is 60.6 Å². The van der Waals surface area contributed by atoms with Crippen LogP contribution in [0.3, 0.4) is 0 Å². The molecule has 20 heteroatoms. The maximum absolute atomic E-state index is 13.3. The number of ether oxygens (including phenoxy) is 1. The lowest BCUT2D eigenvalue weighted by Gasteiger charge is -2.37. The summed E-state index contributed by atoms with van der Waals surface area (Å²) in [5, 5.41) is 9.84. The third-order valence-electron chi connectivity index (χ3n) is 3.24. The summed E-state index contributed by atoms with van der Waals surface area (Å²) < 4.78 is 62.1. The van der Waals surface area contributed by atoms with Crippen LogP contribution in [0.2, 0.25) is 0 Å². The molecule has 1 aliphatic rings. The van der Waals surface area contributed by atoms with Gasteiger partial charge in [-0.1, -0.05) is 0 Å². The highest BCUT2D eigenvalue weighted by molar-refractivity contribution is 7.64. The molecule has 16 nitrogen and oxygen atoms in total. The van der Waals surface area contributed by atoms with Gasteiger partial charge >= 0.3 is 5.69 Å². The van der Waals surface area contributed by atoms with Crippen molar-refractivity contribution >= 4 is 23.5 Å². The molecule has 0 saturated carbocycles. The first kappa shape index (κ1) is 24.2. The van der Waals surface area contributed by atoms with E-state index in [2.05, 4.69) is 13.1 Å². The summed E-state index contributed by atoms with van der Waals surface area (Å²) in [6.45, 7) is -1.09. The molecule has 5 atom stereocenters. The van der Waals surface area contributed by atoms with E-state index in [9.17, 15) is 52.4 Å². The van der Waals surface area contributed by atoms with Gasteiger partial charge in [0, 0.05) is 6.42 Å². The first-order valence-corrected chi connectivity index (χ1v) is 11.5. The Morgan fingerprint density at radius 2 is 1.83 bits per heavy atom. The summed E-state index contributed by atoms with van der Waals surface area (Å²) in [6, 6.07) is 0. The summed E-state index contributed by atoms with van der Waals surface area (Å²) in [5.74, 6) is -1.35. The number of aliphatic hydroxyl groups is 1. The van der Waals surface area contributed by atoms with Crippen molar-refractivity contribution in [2.75, 3.05) is 6.61 Å². The van der Waals surface area contributed by atoms with Gasteiger partial charge in [-0.2, -0.15) is 4.39 Å². The molecule has 1 aromatic heterocycles. The lowest BCUT2D eigenvalue weighted by Crippen LogP contribution is -2.34. The quantitative estimate of drug-likeness (QED) is 0.336. The number of hydrogen-bond donors (Lipinski definition) is 2. The molecule has 1 aliphatic heterocycles. The first-order valence-electron chi connectivity index (χ1n) is 7.14. The molecular formula is C9H10FN2O14P3-4. The molecule has 2 rings (SSSR count). The van der Waals surface area contributed by atoms with Crippen molar-refractivity contribution in [1.29, 1.82) is 0 Å². The summed E-state index contributed by atoms with van der Waals surface area (Å²) in [4.78, 5) is 67.2. The van der Waals surface area contributed by atoms with Gasteiger partial charge in [0.25, 0.3) is 21.2 Å². The Kier molecular flexibility index (Phi) is 7.17. The zero-order valence-electron chi connectivity index (χ0n) is 13.6. The highest BCUT2D eigenvalue weighted by atomic mass is 31.3. The number of H-pyrrole nitrogens is 1. The van der Waals surface area contributed by atoms with E-state index in [1.165, 1.54) is 0 Å². The molecule has 1 saturated heterocycles. The normalized spacial score (nSPS) is 26.8. The maximum atomic E-state index is 13.3. The Balaban J connectivity index is 2.03. The number of halogens is 1. The number of nitrogens with zero attached hydrogens (tertiary/aromatic N) is 1. The zero-order valence-corrected chi connectivity index (χ0v) is 16.3. The van der Waals surface area contributed by atoms with Gasteiger partial charge in [-0.15, -0.1) is 0 Å². The minimum atomic E-state index is -6.15. The van der Waals surface area contributed by atoms with Gasteiger partial charge in [-0.05, 0) is 0 Å². The molecule has 0 spiro atoms. The second-order valence-corrected chi connectivity index (χ2v) is 9.62. The van der Waals surface area contributed by atoms with Crippen LogP contribution in [0.1, 0.15) is 12.6 Å². The highest BCUT2D eigenvalue weighted by Crippen LogP contribution is 2.60. The number of phosphoric acid groups is 3. The fraction of sp³-hybridized carbons (Fsp3) is 0.556. The monoisotopic (exact) mass is 482 g/mol. The van der Waals surface area contributed by atoms with Crippen molar-refractivity contribution in [3.8, 4) is 0 Å². The first-order chi connectivity index (χ1) is 13.1. The lowest BCUT2D eigenvalue weighted by atomic mass is 10.2. The molecule has 29 heavy (non-hydrogen) atoms. The third-order valence-corrected chi connectivity index (χ3v) is 6.90. The Hall–Kier alpha value is -1.06. The summed E-state index contributed by atoms with van der Waals surface area (Å²) in [7, 11) is -18.1. The smallest absolute Gasteiger partial charge is 0.330 e. The van der Waals surface area contributed by atoms with Gasteiger partial charge in [-0.3, -0.25) is 27.8 Å². The molecule has 1 aromatic rings. The van der Waals surface area contributed by atoms with Crippen LogP contribution >= 0.6 is 23.5 Å². The fourth-order valence-corrected chi connectivity index (χ4v) is 5.02. The van der Waals surface area contributed by atoms with Crippen LogP contribution in [0.4, 0.5) is 4.39 Å². The zero-order chi connectivity index (χ0) is 22.2. The third kappa shape index (κ3) is 7.00. The molecule has 5 unspecified atom stereocenters. The van der Waals surface area contributed by atoms with Crippen LogP contribution < -0.4 is 30.8 Å². The number of aromatic amines is 1. The predicted octanol–water partition coefficient (Wildman–Crippen LogP) is -3.86. The van der Waals surface area contributed by atoms with E-state index in [0.717, 1.165) is 0 Å². The SMILES string of the molecule is O=c1[nH]c(=O)n(C2CC(O)C(COP(=O)([O-])OP(=O)([O-])OP(=O)([O-])[O-])O2)cc1F. The van der Waals surface area contributed by atoms with Crippen LogP contribution in [0.15, 0.2) is 15.8 Å². The second kappa shape index (κ2) is 8.59. The van der Waals surface area contributed by atoms with Gasteiger partial charge < -0.3 is 38.5 Å². The second-order valence-electron chi connectivity index (χ2n) is 5.38. The van der Waals surface area contributed by atoms with E-state index in [0.29, 0.717) is 10.8 Å². The summed E-state index contributed by atoms with van der Waals surface area (Å²) in [5.41, 5.74) is -2.41. The summed E-state index contributed by atoms with van der Waals surface area (Å²) in [6.07, 6.45) is -4.27. The molecule has 0 radical (unpaired) electrons. The minimum Gasteiger partial charge on any atom is -0.790 e. The molecular weight excluding hydrogens is 472 g/mol. The van der Waals surface area contributed by atoms with E-state index in [1.807, 2.05) is 0 Å². The van der Waals surface area contributed by atoms with Gasteiger partial charge in [0.2, 0.25) is 5.82 Å². The number of phosphoric ester groups is 1. The molecule has 0 aliphatic carbocycles. The Labute approximate surface area is 158 Å². The molecule has 0 amide bonds. The molecule has 1 fully saturated rings. The number of aromatic nitrogens is 2. The van der Waals surface area contributed by atoms with Crippen molar-refractivity contribution in [3.63, 3.8) is 0 Å². The van der Waals surface area contributed by atoms with Crippen LogP contribution in [0.25, 0.3) is 0 Å². The Morgan fingerprint density at radius 1 is 1.21 bits per heavy atom. The van der Waals surface area contributed by atoms with Crippen LogP contribution in [0.5, 0.6) is 0 Å². The largest absolute Gasteiger partial charge is 0.790 e. The van der Waals surface area contributed by atoms with Gasteiger partial charge in [0.05, 0.1) is 26.7 Å². The van der Waals surface area contributed by atoms with Gasteiger partial charge in [0.15, 0.2) is 0 Å². The van der Waals surface area contributed by atoms with Gasteiger partial charge in [0.1, 0.15) is 12.3 Å². The summed E-state index contributed by atoms with van der Waals surface area (Å²) >= 11 is 0. The average Bonchev–Trinajstić information content (AvgIpc) is 2.86. The lowest BCUT2D eigenvalue weighted by molar-refractivity contribution is -0.339. The van der Waals surface area contributed by atoms with E-state index in [-0.39, 0.29) is 6.42 Å². The van der Waals surface area contributed by atoms with Crippen LogP contribution in [-0.2, 0) is 31.6 Å². The van der Waals surface area contributed by atoms with E-state index >= 15 is 0 Å². The fourth-order valence-electron chi connectivity index (χ4n) is 2.16. The number of aliphatic hydroxyl groups excluding tert-OH is 1. The molecule has 0 aromatic carbocycles. The maximum Gasteiger partial charge on any atom is 0.330 e. The van der Waals surface area contributed by atoms with Gasteiger partial charge in [-0.25, -0.2) is 9.11 Å². The van der Waals surface area contributed by atoms with Crippen molar-refractivity contribution in [3.05, 3.63) is 32.9 Å². The van der Waals surface area contributed by atoms with E-state index in [1.54, 1.807) is 4.98 Å². The molecule has 2 N–H and O–H groups in total. The topological polar surface area (TPSA) is 255 Å². The van der Waals surface area contributed by atoms with Crippen LogP contribution in [-0.4, -0.2) is 33.5 Å². The Morgan fingerprint density at radius 3 is 2.41 bits per heavy atom. The molecule has 166 valence electrons. The standard InChI is InChI=1S/C9H14FN2O14P3/c10-4-2-12(9(15)11-8(4)14)7-1-5(13)6(24-7)3-23-28(19,20)26-29(21,22)25-27(16,17)18/h2,5-7,13H,1,3H2,(H,19,20)(H,21,22)(H,11,14,15)(H2,16,17,18)/p-4. The molecule has 0 bridgehead atoms. The Bertz CT molecular complexity index is 1020. The number of nitrogens with one attached hydrogen (secondary N) is 1. The number of rotatable bonds is 8. The average molecular weight is 482 g/mol. The van der Waals surface area contributed by atoms with Crippen LogP contribution in [0, 0.1) is 5.82 Å². The van der Waals surface area contributed by atoms with Crippen molar-refractivity contribution in [2.45, 2.75) is 24.9 Å². The van der Waals surface area contributed by atoms with E-state index in [4.69, 9.17) is 4.74 Å². The van der Waals surface area contributed by atoms with Crippen molar-refractivity contribution in [2.24, 2.45) is 0 Å². The molecule has 2 heterocycles.